The van der Waals surface area contributed by atoms with E-state index in [1.165, 1.54) is 27.8 Å². The molecule has 166 valence electrons. The fourth-order valence-corrected chi connectivity index (χ4v) is 4.47. The molecule has 0 radical (unpaired) electrons. The highest BCUT2D eigenvalue weighted by molar-refractivity contribution is 5.78. The number of hydrogen-bond donors (Lipinski definition) is 0. The summed E-state index contributed by atoms with van der Waals surface area (Å²) in [4.78, 5) is 13.7. The third kappa shape index (κ3) is 5.79. The first-order valence-corrected chi connectivity index (χ1v) is 11.8. The van der Waals surface area contributed by atoms with Crippen LogP contribution in [0.15, 0.2) is 72.8 Å². The van der Waals surface area contributed by atoms with E-state index < -0.39 is 0 Å². The Hall–Kier alpha value is -3.07. The zero-order valence-corrected chi connectivity index (χ0v) is 19.1. The van der Waals surface area contributed by atoms with Crippen molar-refractivity contribution in [3.05, 3.63) is 89.5 Å². The molecule has 1 fully saturated rings. The van der Waals surface area contributed by atoms with E-state index in [4.69, 9.17) is 4.74 Å². The van der Waals surface area contributed by atoms with E-state index in [2.05, 4.69) is 67.6 Å². The summed E-state index contributed by atoms with van der Waals surface area (Å²) in [5.41, 5.74) is 6.30. The minimum atomic E-state index is 0.333. The van der Waals surface area contributed by atoms with Crippen LogP contribution in [-0.2, 0) is 17.8 Å². The molecule has 1 amide bonds. The van der Waals surface area contributed by atoms with Crippen LogP contribution in [0.5, 0.6) is 5.75 Å². The Balaban J connectivity index is 1.27. The second kappa shape index (κ2) is 11.0. The Morgan fingerprint density at radius 2 is 1.75 bits per heavy atom. The Kier molecular flexibility index (Phi) is 7.60. The molecule has 3 aromatic carbocycles. The van der Waals surface area contributed by atoms with Crippen LogP contribution in [0.25, 0.3) is 11.1 Å². The normalized spacial score (nSPS) is 13.5. The number of nitrogens with zero attached hydrogens (tertiary/aromatic N) is 1. The number of rotatable bonds is 10. The van der Waals surface area contributed by atoms with Crippen LogP contribution >= 0.6 is 0 Å². The third-order valence-electron chi connectivity index (χ3n) is 6.39. The smallest absolute Gasteiger partial charge is 0.222 e. The van der Waals surface area contributed by atoms with Gasteiger partial charge in [0, 0.05) is 19.5 Å². The molecular formula is C29H33NO2. The third-order valence-corrected chi connectivity index (χ3v) is 6.39. The van der Waals surface area contributed by atoms with E-state index >= 15 is 0 Å². The molecule has 0 atom stereocenters. The summed E-state index contributed by atoms with van der Waals surface area (Å²) in [6.45, 7) is 4.61. The Bertz CT molecular complexity index is 1030. The fourth-order valence-electron chi connectivity index (χ4n) is 4.47. The largest absolute Gasteiger partial charge is 0.489 e. The summed E-state index contributed by atoms with van der Waals surface area (Å²) in [5.74, 6) is 1.26. The van der Waals surface area contributed by atoms with Gasteiger partial charge in [-0.15, -0.1) is 0 Å². The van der Waals surface area contributed by atoms with Gasteiger partial charge in [0.25, 0.3) is 0 Å². The minimum Gasteiger partial charge on any atom is -0.489 e. The summed E-state index contributed by atoms with van der Waals surface area (Å²) in [7, 11) is 0. The second-order valence-corrected chi connectivity index (χ2v) is 8.69. The molecule has 32 heavy (non-hydrogen) atoms. The lowest BCUT2D eigenvalue weighted by molar-refractivity contribution is -0.127. The molecular weight excluding hydrogens is 394 g/mol. The van der Waals surface area contributed by atoms with Crippen molar-refractivity contribution in [2.24, 2.45) is 0 Å². The van der Waals surface area contributed by atoms with Crippen LogP contribution in [0.1, 0.15) is 48.8 Å². The summed E-state index contributed by atoms with van der Waals surface area (Å²) in [5, 5.41) is 0. The number of unbranched alkanes of at least 4 members (excludes halogenated alkanes) is 2. The van der Waals surface area contributed by atoms with Gasteiger partial charge in [-0.3, -0.25) is 4.79 Å². The van der Waals surface area contributed by atoms with Crippen molar-refractivity contribution in [2.45, 2.75) is 52.1 Å². The number of carbonyl (C=O) groups is 1. The fraction of sp³-hybridized carbons (Fsp3) is 0.345. The molecule has 1 saturated heterocycles. The van der Waals surface area contributed by atoms with Gasteiger partial charge in [0.15, 0.2) is 0 Å². The van der Waals surface area contributed by atoms with Crippen molar-refractivity contribution in [1.82, 2.24) is 4.90 Å². The Morgan fingerprint density at radius 1 is 0.906 bits per heavy atom. The molecule has 0 unspecified atom stereocenters. The number of carbonyl (C=O) groups excluding carboxylic acids is 1. The molecule has 1 heterocycles. The molecule has 4 rings (SSSR count). The number of benzene rings is 3. The zero-order chi connectivity index (χ0) is 22.2. The monoisotopic (exact) mass is 427 g/mol. The first kappa shape index (κ1) is 22.1. The van der Waals surface area contributed by atoms with Crippen molar-refractivity contribution in [1.29, 1.82) is 0 Å². The predicted molar refractivity (Wildman–Crippen MR) is 131 cm³/mol. The average Bonchev–Trinajstić information content (AvgIpc) is 3.23. The number of hydrogen-bond acceptors (Lipinski definition) is 2. The molecule has 1 aliphatic rings. The molecule has 3 heteroatoms. The number of aryl methyl sites for hydroxylation is 1. The van der Waals surface area contributed by atoms with Gasteiger partial charge in [-0.2, -0.15) is 0 Å². The van der Waals surface area contributed by atoms with Gasteiger partial charge in [0.05, 0.1) is 0 Å². The highest BCUT2D eigenvalue weighted by Crippen LogP contribution is 2.26. The van der Waals surface area contributed by atoms with Crippen LogP contribution < -0.4 is 4.74 Å². The van der Waals surface area contributed by atoms with E-state index in [1.54, 1.807) is 0 Å². The minimum absolute atomic E-state index is 0.333. The maximum Gasteiger partial charge on any atom is 0.222 e. The Morgan fingerprint density at radius 3 is 2.56 bits per heavy atom. The van der Waals surface area contributed by atoms with E-state index in [0.717, 1.165) is 57.4 Å². The maximum absolute atomic E-state index is 11.7. The van der Waals surface area contributed by atoms with Crippen LogP contribution in [0.2, 0.25) is 0 Å². The van der Waals surface area contributed by atoms with Crippen LogP contribution in [0, 0.1) is 6.92 Å². The van der Waals surface area contributed by atoms with Gasteiger partial charge in [0.1, 0.15) is 12.4 Å². The first-order valence-electron chi connectivity index (χ1n) is 11.8. The van der Waals surface area contributed by atoms with Crippen LogP contribution in [0.4, 0.5) is 0 Å². The highest BCUT2D eigenvalue weighted by Gasteiger charge is 2.18. The van der Waals surface area contributed by atoms with Gasteiger partial charge >= 0.3 is 0 Å². The topological polar surface area (TPSA) is 29.5 Å². The quantitative estimate of drug-likeness (QED) is 0.342. The number of amides is 1. The SMILES string of the molecule is Cc1c(COc2cccc(CCCCCN3CCCC3=O)c2)cccc1-c1ccccc1. The number of likely N-dealkylation sites (tertiary alicyclic amines) is 1. The second-order valence-electron chi connectivity index (χ2n) is 8.69. The molecule has 0 aliphatic carbocycles. The molecule has 1 aliphatic heterocycles. The molecule has 0 spiro atoms. The van der Waals surface area contributed by atoms with Crippen LogP contribution in [-0.4, -0.2) is 23.9 Å². The van der Waals surface area contributed by atoms with Gasteiger partial charge in [0.2, 0.25) is 5.91 Å². The van der Waals surface area contributed by atoms with Crippen molar-refractivity contribution in [3.8, 4) is 16.9 Å². The number of ether oxygens (including phenoxy) is 1. The lowest BCUT2D eigenvalue weighted by atomic mass is 9.97. The van der Waals surface area contributed by atoms with E-state index in [9.17, 15) is 4.79 Å². The predicted octanol–water partition coefficient (Wildman–Crippen LogP) is 6.58. The van der Waals surface area contributed by atoms with E-state index in [1.807, 2.05) is 17.0 Å². The lowest BCUT2D eigenvalue weighted by Crippen LogP contribution is -2.25. The molecule has 0 bridgehead atoms. The van der Waals surface area contributed by atoms with Gasteiger partial charge in [-0.05, 0) is 72.6 Å². The van der Waals surface area contributed by atoms with Crippen LogP contribution in [0.3, 0.4) is 0 Å². The van der Waals surface area contributed by atoms with Crippen molar-refractivity contribution in [2.75, 3.05) is 13.1 Å². The summed E-state index contributed by atoms with van der Waals surface area (Å²) in [6.07, 6.45) is 6.21. The first-order chi connectivity index (χ1) is 15.7. The lowest BCUT2D eigenvalue weighted by Gasteiger charge is -2.15. The molecule has 0 aromatic heterocycles. The van der Waals surface area contributed by atoms with Crippen molar-refractivity contribution in [3.63, 3.8) is 0 Å². The molecule has 3 nitrogen and oxygen atoms in total. The summed E-state index contributed by atoms with van der Waals surface area (Å²) >= 11 is 0. The van der Waals surface area contributed by atoms with Gasteiger partial charge < -0.3 is 9.64 Å². The van der Waals surface area contributed by atoms with Gasteiger partial charge in [-0.25, -0.2) is 0 Å². The maximum atomic E-state index is 11.7. The Labute approximate surface area is 192 Å². The van der Waals surface area contributed by atoms with Crippen molar-refractivity contribution < 1.29 is 9.53 Å². The van der Waals surface area contributed by atoms with Gasteiger partial charge in [-0.1, -0.05) is 67.1 Å². The summed E-state index contributed by atoms with van der Waals surface area (Å²) < 4.78 is 6.17. The van der Waals surface area contributed by atoms with E-state index in [-0.39, 0.29) is 0 Å². The van der Waals surface area contributed by atoms with Crippen molar-refractivity contribution >= 4 is 5.91 Å². The summed E-state index contributed by atoms with van der Waals surface area (Å²) in [6, 6.07) is 25.4. The highest BCUT2D eigenvalue weighted by atomic mass is 16.5. The average molecular weight is 428 g/mol. The standard InChI is InChI=1S/C29H33NO2/c1-23-26(15-9-17-28(23)25-13-5-2-6-14-25)22-32-27-16-8-12-24(21-27)11-4-3-7-19-30-20-10-18-29(30)31/h2,5-6,8-9,12-17,21H,3-4,7,10-11,18-20,22H2,1H3. The molecule has 0 N–H and O–H groups in total. The molecule has 3 aromatic rings. The zero-order valence-electron chi connectivity index (χ0n) is 19.1. The molecule has 0 saturated carbocycles. The van der Waals surface area contributed by atoms with E-state index in [0.29, 0.717) is 12.5 Å².